The van der Waals surface area contributed by atoms with Crippen molar-refractivity contribution >= 4 is 63.1 Å². The molecule has 0 saturated carbocycles. The van der Waals surface area contributed by atoms with Gasteiger partial charge in [0, 0.05) is 23.7 Å². The molecule has 5 rings (SSSR count). The number of aromatic nitrogens is 4. The van der Waals surface area contributed by atoms with Gasteiger partial charge in [0.25, 0.3) is 5.56 Å². The second-order valence-electron chi connectivity index (χ2n) is 13.2. The number of nitrogens with one attached hydrogen (secondary N) is 3. The second-order valence-corrected chi connectivity index (χ2v) is 13.8. The number of nitrogens with zero attached hydrogens (tertiary/aromatic N) is 4. The normalized spacial score (nSPS) is 16.8. The van der Waals surface area contributed by atoms with E-state index in [0.717, 1.165) is 12.1 Å². The Balaban J connectivity index is 1.58. The number of hydrogen-bond acceptors (Lipinski definition) is 11. The van der Waals surface area contributed by atoms with Gasteiger partial charge in [0.05, 0.1) is 33.7 Å². The molecule has 1 fully saturated rings. The summed E-state index contributed by atoms with van der Waals surface area (Å²) in [6.07, 6.45) is -4.69. The molecule has 1 aliphatic rings. The zero-order valence-corrected chi connectivity index (χ0v) is 31.1. The number of aromatic amines is 1. The van der Waals surface area contributed by atoms with Crippen molar-refractivity contribution in [3.63, 3.8) is 0 Å². The van der Waals surface area contributed by atoms with Crippen LogP contribution in [0.2, 0.25) is 0 Å². The maximum absolute atomic E-state index is 14.0. The number of benzene rings is 2. The molecule has 18 heteroatoms. The molecule has 278 valence electrons. The van der Waals surface area contributed by atoms with E-state index in [0.29, 0.717) is 16.6 Å². The van der Waals surface area contributed by atoms with Crippen LogP contribution in [0.25, 0.3) is 22.3 Å². The first kappa shape index (κ1) is 38.5. The highest BCUT2D eigenvalue weighted by molar-refractivity contribution is 14.1. The summed E-state index contributed by atoms with van der Waals surface area (Å²) in [5.74, 6) is -0.832. The van der Waals surface area contributed by atoms with E-state index in [1.165, 1.54) is 17.0 Å². The number of nitrogen functional groups attached to an aromatic ring is 1. The molecule has 2 aromatic heterocycles. The maximum Gasteiger partial charge on any atom is 0.416 e. The largest absolute Gasteiger partial charge is 0.444 e. The van der Waals surface area contributed by atoms with E-state index < -0.39 is 40.9 Å². The first-order chi connectivity index (χ1) is 24.4. The molecule has 2 amide bonds. The van der Waals surface area contributed by atoms with Crippen LogP contribution in [-0.4, -0.2) is 71.8 Å². The predicted molar refractivity (Wildman–Crippen MR) is 196 cm³/mol. The quantitative estimate of drug-likeness (QED) is 0.0983. The number of anilines is 3. The van der Waals surface area contributed by atoms with Gasteiger partial charge in [-0.05, 0) is 71.7 Å². The molecule has 4 aromatic rings. The average Bonchev–Trinajstić information content (AvgIpc) is 3.45. The first-order valence-electron chi connectivity index (χ1n) is 16.2. The van der Waals surface area contributed by atoms with Gasteiger partial charge in [-0.25, -0.2) is 14.8 Å². The lowest BCUT2D eigenvalue weighted by atomic mass is 10.0. The SMILES string of the molecule is C[C@@H]1CC[C@@H](C(=O)Nc2cc(C(F)(F)F)ccc2-c2cc(Oc3cccc4[nH]c(=O)c(N)nc34)nc(N[C@@H](C)COCI)n2)N1C(=O)OC(C)(C)C. The first-order valence-corrected chi connectivity index (χ1v) is 17.8. The molecule has 0 unspecified atom stereocenters. The number of H-pyrrole nitrogens is 1. The highest BCUT2D eigenvalue weighted by Crippen LogP contribution is 2.38. The number of ether oxygens (including phenoxy) is 3. The standard InChI is InChI=1S/C34H38F3IN8O6/c1-17(15-50-16-38)40-31-43-23(14-26(44-31)51-25-8-6-7-21-27(25)45-28(39)30(48)41-21)20-11-10-19(34(35,36)37)13-22(20)42-29(47)24-12-9-18(2)46(24)32(49)52-33(3,4)5/h6-8,10-11,13-14,17-18,24H,9,12,15-16H2,1-5H3,(H2,39,45)(H,41,48)(H,42,47)(H,40,43,44)/t17-,18+,24-/m0/s1. The summed E-state index contributed by atoms with van der Waals surface area (Å²) >= 11 is 2.06. The number of rotatable bonds is 10. The molecule has 52 heavy (non-hydrogen) atoms. The average molecular weight is 839 g/mol. The smallest absolute Gasteiger partial charge is 0.416 e. The highest BCUT2D eigenvalue weighted by Gasteiger charge is 2.41. The van der Waals surface area contributed by atoms with E-state index >= 15 is 0 Å². The van der Waals surface area contributed by atoms with Crippen molar-refractivity contribution in [2.75, 3.05) is 27.6 Å². The molecule has 0 aliphatic carbocycles. The molecule has 14 nitrogen and oxygen atoms in total. The molecule has 2 aromatic carbocycles. The minimum absolute atomic E-state index is 0.0380. The summed E-state index contributed by atoms with van der Waals surface area (Å²) in [6.45, 7) is 8.96. The van der Waals surface area contributed by atoms with Crippen LogP contribution in [0.15, 0.2) is 47.3 Å². The van der Waals surface area contributed by atoms with Gasteiger partial charge in [-0.15, -0.1) is 0 Å². The van der Waals surface area contributed by atoms with Crippen LogP contribution in [0, 0.1) is 0 Å². The van der Waals surface area contributed by atoms with Crippen molar-refractivity contribution in [3.8, 4) is 22.9 Å². The van der Waals surface area contributed by atoms with Gasteiger partial charge in [0.15, 0.2) is 11.6 Å². The van der Waals surface area contributed by atoms with E-state index in [1.54, 1.807) is 45.9 Å². The third-order valence-electron chi connectivity index (χ3n) is 7.91. The number of carbonyl (C=O) groups excluding carboxylic acids is 2. The van der Waals surface area contributed by atoms with Crippen LogP contribution >= 0.6 is 22.6 Å². The summed E-state index contributed by atoms with van der Waals surface area (Å²) in [5.41, 5.74) is 3.88. The third-order valence-corrected chi connectivity index (χ3v) is 8.35. The third kappa shape index (κ3) is 9.19. The van der Waals surface area contributed by atoms with Crippen molar-refractivity contribution in [2.45, 2.75) is 77.4 Å². The zero-order chi connectivity index (χ0) is 38.0. The summed E-state index contributed by atoms with van der Waals surface area (Å²) in [7, 11) is 0. The monoisotopic (exact) mass is 838 g/mol. The number of carbonyl (C=O) groups is 2. The Kier molecular flexibility index (Phi) is 11.5. The number of alkyl halides is 4. The molecule has 3 atom stereocenters. The van der Waals surface area contributed by atoms with Crippen molar-refractivity contribution in [1.82, 2.24) is 24.8 Å². The fourth-order valence-corrected chi connectivity index (χ4v) is 5.84. The molecule has 0 spiro atoms. The fourth-order valence-electron chi connectivity index (χ4n) is 5.58. The molecule has 3 heterocycles. The minimum Gasteiger partial charge on any atom is -0.444 e. The Labute approximate surface area is 310 Å². The van der Waals surface area contributed by atoms with Crippen LogP contribution in [0.5, 0.6) is 11.6 Å². The topological polar surface area (TPSA) is 187 Å². The van der Waals surface area contributed by atoms with Gasteiger partial charge >= 0.3 is 12.3 Å². The Bertz CT molecular complexity index is 2020. The van der Waals surface area contributed by atoms with Crippen LogP contribution < -0.4 is 26.7 Å². The molecular formula is C34H38F3IN8O6. The summed E-state index contributed by atoms with van der Waals surface area (Å²) in [5, 5.41) is 5.75. The van der Waals surface area contributed by atoms with E-state index in [4.69, 9.17) is 19.9 Å². The lowest BCUT2D eigenvalue weighted by Gasteiger charge is -2.31. The Hall–Kier alpha value is -4.72. The maximum atomic E-state index is 14.0. The van der Waals surface area contributed by atoms with Gasteiger partial charge in [-0.3, -0.25) is 14.5 Å². The van der Waals surface area contributed by atoms with Gasteiger partial charge in [0.2, 0.25) is 17.7 Å². The lowest BCUT2D eigenvalue weighted by molar-refractivity contribution is -0.137. The lowest BCUT2D eigenvalue weighted by Crippen LogP contribution is -2.48. The van der Waals surface area contributed by atoms with Crippen LogP contribution in [0.3, 0.4) is 0 Å². The molecule has 1 saturated heterocycles. The number of halogens is 4. The minimum atomic E-state index is -4.74. The summed E-state index contributed by atoms with van der Waals surface area (Å²) in [6, 6.07) is 7.37. The fraction of sp³-hybridized carbons (Fsp3) is 0.412. The summed E-state index contributed by atoms with van der Waals surface area (Å²) in [4.78, 5) is 56.1. The van der Waals surface area contributed by atoms with Crippen molar-refractivity contribution in [2.24, 2.45) is 0 Å². The van der Waals surface area contributed by atoms with Crippen molar-refractivity contribution in [3.05, 3.63) is 58.4 Å². The number of para-hydroxylation sites is 1. The predicted octanol–water partition coefficient (Wildman–Crippen LogP) is 6.71. The Morgan fingerprint density at radius 3 is 2.56 bits per heavy atom. The van der Waals surface area contributed by atoms with Gasteiger partial charge in [-0.1, -0.05) is 34.7 Å². The summed E-state index contributed by atoms with van der Waals surface area (Å²) < 4.78 is 59.7. The number of likely N-dealkylation sites (tertiary alicyclic amines) is 1. The molecule has 5 N–H and O–H groups in total. The van der Waals surface area contributed by atoms with Crippen LogP contribution in [-0.2, 0) is 20.4 Å². The van der Waals surface area contributed by atoms with Crippen LogP contribution in [0.4, 0.5) is 35.4 Å². The molecule has 0 radical (unpaired) electrons. The van der Waals surface area contributed by atoms with Crippen molar-refractivity contribution < 1.29 is 37.0 Å². The van der Waals surface area contributed by atoms with E-state index in [9.17, 15) is 27.6 Å². The van der Waals surface area contributed by atoms with E-state index in [1.807, 2.05) is 6.92 Å². The van der Waals surface area contributed by atoms with Gasteiger partial charge in [0.1, 0.15) is 17.2 Å². The molecular weight excluding hydrogens is 800 g/mol. The van der Waals surface area contributed by atoms with Gasteiger partial charge < -0.3 is 35.6 Å². The molecule has 0 bridgehead atoms. The Morgan fingerprint density at radius 1 is 1.12 bits per heavy atom. The number of amides is 2. The number of nitrogens with two attached hydrogens (primary N) is 1. The highest BCUT2D eigenvalue weighted by atomic mass is 127. The number of fused-ring (bicyclic) bond motifs is 1. The Morgan fingerprint density at radius 2 is 1.87 bits per heavy atom. The van der Waals surface area contributed by atoms with Crippen molar-refractivity contribution in [1.29, 1.82) is 0 Å². The van der Waals surface area contributed by atoms with Crippen LogP contribution in [0.1, 0.15) is 53.0 Å². The zero-order valence-electron chi connectivity index (χ0n) is 28.9. The molecule has 1 aliphatic heterocycles. The van der Waals surface area contributed by atoms with E-state index in [-0.39, 0.29) is 71.0 Å². The number of hydrogen-bond donors (Lipinski definition) is 4. The second kappa shape index (κ2) is 15.5. The van der Waals surface area contributed by atoms with Gasteiger partial charge in [-0.2, -0.15) is 18.2 Å². The van der Waals surface area contributed by atoms with E-state index in [2.05, 4.69) is 53.2 Å².